The minimum Gasteiger partial charge on any atom is -0.489 e. The molecule has 0 aromatic heterocycles. The molecule has 0 aliphatic heterocycles. The summed E-state index contributed by atoms with van der Waals surface area (Å²) in [6, 6.07) is 25.9. The third-order valence-corrected chi connectivity index (χ3v) is 5.02. The fraction of sp³-hybridized carbons (Fsp3) is 0.174. The molecule has 0 bridgehead atoms. The number of anilines is 1. The zero-order valence-corrected chi connectivity index (χ0v) is 16.2. The van der Waals surface area contributed by atoms with Crippen molar-refractivity contribution in [1.82, 2.24) is 0 Å². The Morgan fingerprint density at radius 2 is 1.63 bits per heavy atom. The van der Waals surface area contributed by atoms with Gasteiger partial charge in [0.25, 0.3) is 0 Å². The first kappa shape index (κ1) is 19.1. The number of carbonyl (C=O) groups is 1. The molecule has 3 aromatic rings. The molecule has 0 aliphatic carbocycles. The van der Waals surface area contributed by atoms with Gasteiger partial charge in [0.05, 0.1) is 0 Å². The van der Waals surface area contributed by atoms with Gasteiger partial charge in [0.2, 0.25) is 5.91 Å². The summed E-state index contributed by atoms with van der Waals surface area (Å²) in [6.07, 6.45) is 0.477. The van der Waals surface area contributed by atoms with Crippen molar-refractivity contribution in [1.29, 1.82) is 0 Å². The number of aryl methyl sites for hydroxylation is 1. The molecular weight excluding hydrogens is 354 g/mol. The van der Waals surface area contributed by atoms with Gasteiger partial charge >= 0.3 is 0 Å². The van der Waals surface area contributed by atoms with Gasteiger partial charge in [-0.25, -0.2) is 0 Å². The van der Waals surface area contributed by atoms with Crippen molar-refractivity contribution in [3.05, 3.63) is 90.0 Å². The van der Waals surface area contributed by atoms with Crippen molar-refractivity contribution in [3.63, 3.8) is 0 Å². The van der Waals surface area contributed by atoms with Crippen LogP contribution >= 0.6 is 11.8 Å². The van der Waals surface area contributed by atoms with Gasteiger partial charge in [-0.1, -0.05) is 48.0 Å². The Hall–Kier alpha value is -2.72. The summed E-state index contributed by atoms with van der Waals surface area (Å²) in [5.41, 5.74) is 3.15. The molecule has 1 amide bonds. The van der Waals surface area contributed by atoms with Gasteiger partial charge in [-0.3, -0.25) is 4.79 Å². The van der Waals surface area contributed by atoms with E-state index in [4.69, 9.17) is 4.74 Å². The molecule has 0 saturated carbocycles. The number of benzene rings is 3. The largest absolute Gasteiger partial charge is 0.489 e. The van der Waals surface area contributed by atoms with Crippen LogP contribution in [0.25, 0.3) is 0 Å². The summed E-state index contributed by atoms with van der Waals surface area (Å²) in [5.74, 6) is 1.56. The van der Waals surface area contributed by atoms with E-state index in [0.717, 1.165) is 22.8 Å². The number of nitrogens with one attached hydrogen (secondary N) is 1. The van der Waals surface area contributed by atoms with Crippen molar-refractivity contribution in [2.45, 2.75) is 24.8 Å². The monoisotopic (exact) mass is 377 g/mol. The summed E-state index contributed by atoms with van der Waals surface area (Å²) >= 11 is 1.69. The quantitative estimate of drug-likeness (QED) is 0.512. The Labute approximate surface area is 164 Å². The number of hydrogen-bond acceptors (Lipinski definition) is 3. The van der Waals surface area contributed by atoms with Crippen LogP contribution in [0, 0.1) is 6.92 Å². The highest BCUT2D eigenvalue weighted by Gasteiger charge is 2.04. The van der Waals surface area contributed by atoms with Gasteiger partial charge in [-0.05, 0) is 48.9 Å². The molecule has 0 spiro atoms. The van der Waals surface area contributed by atoms with Crippen molar-refractivity contribution in [3.8, 4) is 5.75 Å². The van der Waals surface area contributed by atoms with Crippen molar-refractivity contribution in [2.24, 2.45) is 0 Å². The van der Waals surface area contributed by atoms with Gasteiger partial charge in [-0.2, -0.15) is 0 Å². The first-order valence-corrected chi connectivity index (χ1v) is 9.94. The van der Waals surface area contributed by atoms with E-state index in [1.54, 1.807) is 11.8 Å². The average Bonchev–Trinajstić information content (AvgIpc) is 2.70. The third kappa shape index (κ3) is 6.50. The predicted molar refractivity (Wildman–Crippen MR) is 112 cm³/mol. The molecular formula is C23H23NO2S. The Morgan fingerprint density at radius 3 is 2.33 bits per heavy atom. The van der Waals surface area contributed by atoms with Crippen molar-refractivity contribution < 1.29 is 9.53 Å². The van der Waals surface area contributed by atoms with Crippen LogP contribution in [-0.4, -0.2) is 11.7 Å². The highest BCUT2D eigenvalue weighted by atomic mass is 32.2. The minimum atomic E-state index is 0.0209. The van der Waals surface area contributed by atoms with E-state index in [1.807, 2.05) is 54.6 Å². The van der Waals surface area contributed by atoms with Crippen LogP contribution in [0.5, 0.6) is 5.75 Å². The van der Waals surface area contributed by atoms with E-state index in [-0.39, 0.29) is 5.91 Å². The predicted octanol–water partition coefficient (Wildman–Crippen LogP) is 5.69. The Kier molecular flexibility index (Phi) is 6.94. The molecule has 0 atom stereocenters. The lowest BCUT2D eigenvalue weighted by Gasteiger charge is -2.08. The number of ether oxygens (including phenoxy) is 1. The topological polar surface area (TPSA) is 38.3 Å². The number of carbonyl (C=O) groups excluding carboxylic acids is 1. The highest BCUT2D eigenvalue weighted by Crippen LogP contribution is 2.20. The molecule has 0 radical (unpaired) electrons. The summed E-state index contributed by atoms with van der Waals surface area (Å²) in [4.78, 5) is 13.3. The van der Waals surface area contributed by atoms with Gasteiger partial charge in [0.15, 0.2) is 0 Å². The number of rotatable bonds is 8. The van der Waals surface area contributed by atoms with Gasteiger partial charge in [0, 0.05) is 22.8 Å². The third-order valence-electron chi connectivity index (χ3n) is 4.01. The Balaban J connectivity index is 1.40. The van der Waals surface area contributed by atoms with Crippen LogP contribution in [0.2, 0.25) is 0 Å². The standard InChI is InChI=1S/C23H23NO2S/c1-18-7-13-22(14-8-18)27-16-15-23(25)24-20-9-11-21(12-10-20)26-17-19-5-3-2-4-6-19/h2-14H,15-17H2,1H3,(H,24,25). The van der Waals surface area contributed by atoms with Crippen LogP contribution in [0.15, 0.2) is 83.8 Å². The van der Waals surface area contributed by atoms with Crippen molar-refractivity contribution >= 4 is 23.4 Å². The second-order valence-corrected chi connectivity index (χ2v) is 7.43. The molecule has 1 N–H and O–H groups in total. The van der Waals surface area contributed by atoms with Gasteiger partial charge in [-0.15, -0.1) is 11.8 Å². The fourth-order valence-electron chi connectivity index (χ4n) is 2.49. The molecule has 0 unspecified atom stereocenters. The van der Waals surface area contributed by atoms with Crippen LogP contribution in [-0.2, 0) is 11.4 Å². The maximum Gasteiger partial charge on any atom is 0.225 e. The van der Waals surface area contributed by atoms with E-state index in [2.05, 4.69) is 36.5 Å². The van der Waals surface area contributed by atoms with E-state index in [9.17, 15) is 4.79 Å². The maximum absolute atomic E-state index is 12.1. The molecule has 3 aromatic carbocycles. The molecule has 0 heterocycles. The van der Waals surface area contributed by atoms with E-state index in [1.165, 1.54) is 10.5 Å². The Bertz CT molecular complexity index is 846. The number of hydrogen-bond donors (Lipinski definition) is 1. The zero-order chi connectivity index (χ0) is 18.9. The molecule has 0 saturated heterocycles. The smallest absolute Gasteiger partial charge is 0.225 e. The summed E-state index contributed by atoms with van der Waals surface area (Å²) in [7, 11) is 0. The zero-order valence-electron chi connectivity index (χ0n) is 15.4. The number of amides is 1. The maximum atomic E-state index is 12.1. The van der Waals surface area contributed by atoms with Crippen LogP contribution < -0.4 is 10.1 Å². The SMILES string of the molecule is Cc1ccc(SCCC(=O)Nc2ccc(OCc3ccccc3)cc2)cc1. The molecule has 0 fully saturated rings. The van der Waals surface area contributed by atoms with Crippen LogP contribution in [0.1, 0.15) is 17.5 Å². The first-order chi connectivity index (χ1) is 13.2. The summed E-state index contributed by atoms with van der Waals surface area (Å²) < 4.78 is 5.76. The normalized spacial score (nSPS) is 10.4. The lowest BCUT2D eigenvalue weighted by atomic mass is 10.2. The minimum absolute atomic E-state index is 0.0209. The molecule has 0 aliphatic rings. The van der Waals surface area contributed by atoms with Crippen LogP contribution in [0.3, 0.4) is 0 Å². The van der Waals surface area contributed by atoms with Gasteiger partial charge < -0.3 is 10.1 Å². The first-order valence-electron chi connectivity index (χ1n) is 8.95. The Morgan fingerprint density at radius 1 is 0.926 bits per heavy atom. The molecule has 138 valence electrons. The van der Waals surface area contributed by atoms with Crippen molar-refractivity contribution in [2.75, 3.05) is 11.1 Å². The number of thioether (sulfide) groups is 1. The second-order valence-electron chi connectivity index (χ2n) is 6.26. The average molecular weight is 378 g/mol. The second kappa shape index (κ2) is 9.83. The molecule has 4 heteroatoms. The molecule has 3 nitrogen and oxygen atoms in total. The van der Waals surface area contributed by atoms with E-state index >= 15 is 0 Å². The molecule has 3 rings (SSSR count). The fourth-order valence-corrected chi connectivity index (χ4v) is 3.35. The summed E-state index contributed by atoms with van der Waals surface area (Å²) in [5, 5.41) is 2.93. The lowest BCUT2D eigenvalue weighted by Crippen LogP contribution is -2.12. The van der Waals surface area contributed by atoms with E-state index in [0.29, 0.717) is 13.0 Å². The molecule has 27 heavy (non-hydrogen) atoms. The summed E-state index contributed by atoms with van der Waals surface area (Å²) in [6.45, 7) is 2.60. The highest BCUT2D eigenvalue weighted by molar-refractivity contribution is 7.99. The lowest BCUT2D eigenvalue weighted by molar-refractivity contribution is -0.115. The van der Waals surface area contributed by atoms with Crippen LogP contribution in [0.4, 0.5) is 5.69 Å². The van der Waals surface area contributed by atoms with Gasteiger partial charge in [0.1, 0.15) is 12.4 Å². The van der Waals surface area contributed by atoms with E-state index < -0.39 is 0 Å².